The van der Waals surface area contributed by atoms with Gasteiger partial charge in [0.15, 0.2) is 0 Å². The summed E-state index contributed by atoms with van der Waals surface area (Å²) >= 11 is 0. The topological polar surface area (TPSA) is 47.6 Å². The van der Waals surface area contributed by atoms with Gasteiger partial charge in [-0.1, -0.05) is 12.1 Å². The highest BCUT2D eigenvalue weighted by atomic mass is 16.5. The van der Waals surface area contributed by atoms with E-state index in [1.807, 2.05) is 38.1 Å². The predicted molar refractivity (Wildman–Crippen MR) is 75.4 cm³/mol. The Morgan fingerprint density at radius 3 is 2.42 bits per heavy atom. The van der Waals surface area contributed by atoms with Gasteiger partial charge in [0, 0.05) is 0 Å². The van der Waals surface area contributed by atoms with Crippen molar-refractivity contribution < 1.29 is 14.3 Å². The Balaban J connectivity index is 2.63. The first-order valence-electron chi connectivity index (χ1n) is 6.54. The lowest BCUT2D eigenvalue weighted by atomic mass is 9.93. The fourth-order valence-corrected chi connectivity index (χ4v) is 1.81. The molecule has 0 aliphatic heterocycles. The van der Waals surface area contributed by atoms with Crippen LogP contribution in [-0.2, 0) is 16.0 Å². The van der Waals surface area contributed by atoms with Gasteiger partial charge in [-0.15, -0.1) is 0 Å². The Morgan fingerprint density at radius 1 is 1.32 bits per heavy atom. The maximum atomic E-state index is 11.9. The first-order valence-corrected chi connectivity index (χ1v) is 6.54. The van der Waals surface area contributed by atoms with Crippen molar-refractivity contribution in [1.82, 2.24) is 5.32 Å². The summed E-state index contributed by atoms with van der Waals surface area (Å²) in [6.07, 6.45) is 1.49. The van der Waals surface area contributed by atoms with E-state index >= 15 is 0 Å². The van der Waals surface area contributed by atoms with Gasteiger partial charge in [0.1, 0.15) is 11.3 Å². The molecule has 1 rings (SSSR count). The monoisotopic (exact) mass is 265 g/mol. The first kappa shape index (κ1) is 15.5. The second-order valence-corrected chi connectivity index (χ2v) is 4.65. The number of benzene rings is 1. The molecule has 4 heteroatoms. The molecule has 0 fully saturated rings. The summed E-state index contributed by atoms with van der Waals surface area (Å²) in [5.74, 6) is 0.636. The third kappa shape index (κ3) is 4.24. The summed E-state index contributed by atoms with van der Waals surface area (Å²) in [7, 11) is 3.43. The van der Waals surface area contributed by atoms with Crippen LogP contribution in [-0.4, -0.2) is 32.3 Å². The van der Waals surface area contributed by atoms with E-state index in [2.05, 4.69) is 5.32 Å². The average molecular weight is 265 g/mol. The largest absolute Gasteiger partial charge is 0.497 e. The zero-order valence-electron chi connectivity index (χ0n) is 12.2. The molecule has 1 N–H and O–H groups in total. The van der Waals surface area contributed by atoms with Crippen LogP contribution in [0.1, 0.15) is 25.8 Å². The zero-order chi connectivity index (χ0) is 14.3. The minimum atomic E-state index is -0.643. The maximum absolute atomic E-state index is 11.9. The van der Waals surface area contributed by atoms with Crippen LogP contribution in [0.2, 0.25) is 0 Å². The summed E-state index contributed by atoms with van der Waals surface area (Å²) in [4.78, 5) is 11.9. The van der Waals surface area contributed by atoms with Gasteiger partial charge in [0.2, 0.25) is 0 Å². The normalized spacial score (nSPS) is 13.7. The lowest BCUT2D eigenvalue weighted by molar-refractivity contribution is -0.150. The fourth-order valence-electron chi connectivity index (χ4n) is 1.81. The number of methoxy groups -OCH3 is 1. The lowest BCUT2D eigenvalue weighted by Gasteiger charge is -2.26. The van der Waals surface area contributed by atoms with Crippen molar-refractivity contribution >= 4 is 5.97 Å². The number of hydrogen-bond acceptors (Lipinski definition) is 4. The lowest BCUT2D eigenvalue weighted by Crippen LogP contribution is -2.49. The van der Waals surface area contributed by atoms with Gasteiger partial charge in [-0.2, -0.15) is 0 Å². The summed E-state index contributed by atoms with van der Waals surface area (Å²) < 4.78 is 10.2. The first-order chi connectivity index (χ1) is 9.05. The highest BCUT2D eigenvalue weighted by Crippen LogP contribution is 2.18. The third-order valence-corrected chi connectivity index (χ3v) is 3.35. The van der Waals surface area contributed by atoms with E-state index in [1.54, 1.807) is 14.2 Å². The van der Waals surface area contributed by atoms with Gasteiger partial charge >= 0.3 is 5.97 Å². The molecule has 0 amide bonds. The molecule has 0 aromatic heterocycles. The minimum Gasteiger partial charge on any atom is -0.497 e. The van der Waals surface area contributed by atoms with Crippen LogP contribution >= 0.6 is 0 Å². The summed E-state index contributed by atoms with van der Waals surface area (Å²) in [6, 6.07) is 7.88. The van der Waals surface area contributed by atoms with Gasteiger partial charge in [0.25, 0.3) is 0 Å². The Kier molecular flexibility index (Phi) is 5.83. The maximum Gasteiger partial charge on any atom is 0.326 e. The van der Waals surface area contributed by atoms with Gasteiger partial charge in [-0.05, 0) is 51.4 Å². The molecule has 0 aliphatic rings. The molecule has 0 heterocycles. The van der Waals surface area contributed by atoms with E-state index < -0.39 is 5.54 Å². The molecule has 1 unspecified atom stereocenters. The number of likely N-dealkylation sites (N-methyl/N-ethyl adjacent to an activating group) is 1. The SMILES string of the molecule is CCOC(=O)C(C)(CCc1ccc(OC)cc1)NC. The molecule has 0 radical (unpaired) electrons. The molecule has 0 aliphatic carbocycles. The molecule has 0 saturated heterocycles. The Hall–Kier alpha value is -1.55. The number of ether oxygens (including phenoxy) is 2. The highest BCUT2D eigenvalue weighted by Gasteiger charge is 2.32. The van der Waals surface area contributed by atoms with Gasteiger partial charge in [-0.3, -0.25) is 4.79 Å². The van der Waals surface area contributed by atoms with Crippen molar-refractivity contribution in [1.29, 1.82) is 0 Å². The molecule has 0 saturated carbocycles. The van der Waals surface area contributed by atoms with E-state index in [-0.39, 0.29) is 5.97 Å². The van der Waals surface area contributed by atoms with Crippen molar-refractivity contribution in [3.05, 3.63) is 29.8 Å². The smallest absolute Gasteiger partial charge is 0.326 e. The summed E-state index contributed by atoms with van der Waals surface area (Å²) in [5.41, 5.74) is 0.530. The number of hydrogen-bond donors (Lipinski definition) is 1. The van der Waals surface area contributed by atoms with Crippen LogP contribution in [0.3, 0.4) is 0 Å². The van der Waals surface area contributed by atoms with Crippen molar-refractivity contribution in [3.63, 3.8) is 0 Å². The summed E-state index contributed by atoms with van der Waals surface area (Å²) in [6.45, 7) is 4.09. The third-order valence-electron chi connectivity index (χ3n) is 3.35. The molecule has 1 aromatic rings. The number of carbonyl (C=O) groups excluding carboxylic acids is 1. The summed E-state index contributed by atoms with van der Waals surface area (Å²) in [5, 5.41) is 3.06. The zero-order valence-corrected chi connectivity index (χ0v) is 12.2. The van der Waals surface area contributed by atoms with E-state index in [0.717, 1.165) is 12.2 Å². The molecular weight excluding hydrogens is 242 g/mol. The average Bonchev–Trinajstić information content (AvgIpc) is 2.45. The quantitative estimate of drug-likeness (QED) is 0.768. The number of rotatable bonds is 7. The second-order valence-electron chi connectivity index (χ2n) is 4.65. The van der Waals surface area contributed by atoms with Gasteiger partial charge in [0.05, 0.1) is 13.7 Å². The van der Waals surface area contributed by atoms with Crippen molar-refractivity contribution in [3.8, 4) is 5.75 Å². The van der Waals surface area contributed by atoms with Crippen LogP contribution in [0.5, 0.6) is 5.75 Å². The molecule has 4 nitrogen and oxygen atoms in total. The molecule has 0 bridgehead atoms. The van der Waals surface area contributed by atoms with Crippen LogP contribution in [0.15, 0.2) is 24.3 Å². The fraction of sp³-hybridized carbons (Fsp3) is 0.533. The molecule has 19 heavy (non-hydrogen) atoms. The molecule has 1 aromatic carbocycles. The number of esters is 1. The van der Waals surface area contributed by atoms with Gasteiger partial charge in [-0.25, -0.2) is 0 Å². The molecule has 0 spiro atoms. The van der Waals surface area contributed by atoms with Crippen LogP contribution in [0.4, 0.5) is 0 Å². The van der Waals surface area contributed by atoms with E-state index in [1.165, 1.54) is 5.56 Å². The number of nitrogens with one attached hydrogen (secondary N) is 1. The Labute approximate surface area is 115 Å². The van der Waals surface area contributed by atoms with Crippen molar-refractivity contribution in [2.24, 2.45) is 0 Å². The van der Waals surface area contributed by atoms with E-state index in [4.69, 9.17) is 9.47 Å². The minimum absolute atomic E-state index is 0.203. The molecular formula is C15H23NO3. The number of carbonyl (C=O) groups is 1. The molecule has 106 valence electrons. The van der Waals surface area contributed by atoms with Gasteiger partial charge < -0.3 is 14.8 Å². The van der Waals surface area contributed by atoms with E-state index in [9.17, 15) is 4.79 Å². The van der Waals surface area contributed by atoms with Crippen LogP contribution in [0.25, 0.3) is 0 Å². The van der Waals surface area contributed by atoms with E-state index in [0.29, 0.717) is 13.0 Å². The Morgan fingerprint density at radius 2 is 1.95 bits per heavy atom. The molecule has 1 atom stereocenters. The predicted octanol–water partition coefficient (Wildman–Crippen LogP) is 2.17. The standard InChI is InChI=1S/C15H23NO3/c1-5-19-14(17)15(2,16-3)11-10-12-6-8-13(18-4)9-7-12/h6-9,16H,5,10-11H2,1-4H3. The highest BCUT2D eigenvalue weighted by molar-refractivity contribution is 5.80. The number of aryl methyl sites for hydroxylation is 1. The Bertz CT molecular complexity index is 402. The van der Waals surface area contributed by atoms with Crippen molar-refractivity contribution in [2.45, 2.75) is 32.2 Å². The van der Waals surface area contributed by atoms with Crippen LogP contribution < -0.4 is 10.1 Å². The second kappa shape index (κ2) is 7.14. The van der Waals surface area contributed by atoms with Crippen molar-refractivity contribution in [2.75, 3.05) is 20.8 Å². The van der Waals surface area contributed by atoms with Crippen LogP contribution in [0, 0.1) is 0 Å².